The molecule has 4 rings (SSSR count). The van der Waals surface area contributed by atoms with Gasteiger partial charge in [-0.1, -0.05) is 11.6 Å². The van der Waals surface area contributed by atoms with Gasteiger partial charge in [-0.05, 0) is 55.5 Å². The summed E-state index contributed by atoms with van der Waals surface area (Å²) in [7, 11) is 1.76. The first-order chi connectivity index (χ1) is 14.1. The molecule has 0 radical (unpaired) electrons. The fourth-order valence-corrected chi connectivity index (χ4v) is 3.51. The van der Waals surface area contributed by atoms with Gasteiger partial charge in [-0.2, -0.15) is 18.3 Å². The molecule has 0 atom stereocenters. The number of alkyl halides is 3. The van der Waals surface area contributed by atoms with E-state index in [9.17, 15) is 17.6 Å². The summed E-state index contributed by atoms with van der Waals surface area (Å²) in [5.74, 6) is -0.0386. The summed E-state index contributed by atoms with van der Waals surface area (Å²) in [6.07, 6.45) is -4.59. The maximum absolute atomic E-state index is 13.3. The fraction of sp³-hybridized carbons (Fsp3) is 0.143. The summed E-state index contributed by atoms with van der Waals surface area (Å²) >= 11 is 5.72. The molecule has 0 aliphatic rings. The quantitative estimate of drug-likeness (QED) is 0.330. The third-order valence-corrected chi connectivity index (χ3v) is 5.01. The van der Waals surface area contributed by atoms with E-state index in [4.69, 9.17) is 11.6 Å². The second-order valence-electron chi connectivity index (χ2n) is 6.78. The van der Waals surface area contributed by atoms with E-state index in [1.54, 1.807) is 36.9 Å². The number of fused-ring (bicyclic) bond motifs is 1. The van der Waals surface area contributed by atoms with E-state index >= 15 is 0 Å². The predicted octanol–water partition coefficient (Wildman–Crippen LogP) is 6.92. The van der Waals surface area contributed by atoms with Gasteiger partial charge in [-0.25, -0.2) is 9.37 Å². The average molecular weight is 471 g/mol. The molecule has 0 amide bonds. The number of nitrogens with one attached hydrogen (secondary N) is 1. The van der Waals surface area contributed by atoms with Crippen molar-refractivity contribution in [3.63, 3.8) is 0 Å². The molecule has 2 heterocycles. The lowest BCUT2D eigenvalue weighted by molar-refractivity contribution is -0.137. The molecule has 0 saturated carbocycles. The van der Waals surface area contributed by atoms with Gasteiger partial charge in [0.1, 0.15) is 11.6 Å². The number of pyridine rings is 1. The molecule has 31 heavy (non-hydrogen) atoms. The Morgan fingerprint density at radius 2 is 1.71 bits per heavy atom. The summed E-state index contributed by atoms with van der Waals surface area (Å²) in [5.41, 5.74) is 1.82. The van der Waals surface area contributed by atoms with Crippen LogP contribution >= 0.6 is 24.0 Å². The van der Waals surface area contributed by atoms with E-state index in [0.29, 0.717) is 28.2 Å². The van der Waals surface area contributed by atoms with Gasteiger partial charge >= 0.3 is 6.18 Å². The molecule has 0 aliphatic carbocycles. The molecule has 4 aromatic rings. The average Bonchev–Trinajstić information content (AvgIpc) is 2.97. The van der Waals surface area contributed by atoms with Crippen molar-refractivity contribution in [2.75, 3.05) is 5.32 Å². The summed E-state index contributed by atoms with van der Waals surface area (Å²) in [6, 6.07) is 11.2. The molecule has 10 heteroatoms. The number of aromatic nitrogens is 3. The molecule has 0 aliphatic heterocycles. The number of hydrogen-bond acceptors (Lipinski definition) is 3. The SMILES string of the molecule is Cc1nn(C)c2cc(-c3ccc(F)cc3)nc(Nc3ccc(Cl)c(C(F)(F)F)c3)c12.Cl. The zero-order valence-electron chi connectivity index (χ0n) is 16.3. The Balaban J connectivity index is 0.00000272. The van der Waals surface area contributed by atoms with Crippen LogP contribution in [0.2, 0.25) is 5.02 Å². The van der Waals surface area contributed by atoms with Crippen molar-refractivity contribution in [2.45, 2.75) is 13.1 Å². The normalized spacial score (nSPS) is 11.5. The summed E-state index contributed by atoms with van der Waals surface area (Å²) in [6.45, 7) is 1.79. The molecule has 2 aromatic heterocycles. The first-order valence-corrected chi connectivity index (χ1v) is 9.25. The van der Waals surface area contributed by atoms with Crippen LogP contribution in [0.3, 0.4) is 0 Å². The molecule has 0 unspecified atom stereocenters. The number of benzene rings is 2. The van der Waals surface area contributed by atoms with Crippen LogP contribution < -0.4 is 5.32 Å². The topological polar surface area (TPSA) is 42.7 Å². The third kappa shape index (κ3) is 4.45. The van der Waals surface area contributed by atoms with E-state index < -0.39 is 11.7 Å². The van der Waals surface area contributed by atoms with Crippen LogP contribution in [0.4, 0.5) is 29.1 Å². The van der Waals surface area contributed by atoms with E-state index in [1.165, 1.54) is 24.3 Å². The monoisotopic (exact) mass is 470 g/mol. The minimum Gasteiger partial charge on any atom is -0.340 e. The van der Waals surface area contributed by atoms with Crippen molar-refractivity contribution in [3.05, 3.63) is 70.6 Å². The highest BCUT2D eigenvalue weighted by Gasteiger charge is 2.33. The lowest BCUT2D eigenvalue weighted by atomic mass is 10.1. The molecule has 0 fully saturated rings. The van der Waals surface area contributed by atoms with Gasteiger partial charge in [0.05, 0.1) is 32.9 Å². The Hall–Kier alpha value is -2.84. The first kappa shape index (κ1) is 22.8. The first-order valence-electron chi connectivity index (χ1n) is 8.87. The minimum absolute atomic E-state index is 0. The zero-order chi connectivity index (χ0) is 21.6. The molecule has 2 aromatic carbocycles. The Morgan fingerprint density at radius 3 is 2.35 bits per heavy atom. The lowest BCUT2D eigenvalue weighted by Crippen LogP contribution is -2.07. The van der Waals surface area contributed by atoms with Gasteiger partial charge in [0.25, 0.3) is 0 Å². The summed E-state index contributed by atoms with van der Waals surface area (Å²) in [4.78, 5) is 4.58. The van der Waals surface area contributed by atoms with E-state index in [1.807, 2.05) is 0 Å². The molecular formula is C21H16Cl2F4N4. The Labute approximate surface area is 186 Å². The van der Waals surface area contributed by atoms with Gasteiger partial charge in [-0.3, -0.25) is 4.68 Å². The fourth-order valence-electron chi connectivity index (χ4n) is 3.29. The van der Waals surface area contributed by atoms with Crippen LogP contribution in [0.25, 0.3) is 22.2 Å². The standard InChI is InChI=1S/C21H15ClF4N4.ClH/c1-11-19-18(30(2)29-11)10-17(12-3-5-13(23)6-4-12)28-20(19)27-14-7-8-16(22)15(9-14)21(24,25)26;/h3-10H,1-2H3,(H,27,28);1H. The summed E-state index contributed by atoms with van der Waals surface area (Å²) < 4.78 is 54.7. The number of hydrogen-bond donors (Lipinski definition) is 1. The molecule has 0 spiro atoms. The molecule has 4 nitrogen and oxygen atoms in total. The van der Waals surface area contributed by atoms with Gasteiger partial charge < -0.3 is 5.32 Å². The molecule has 1 N–H and O–H groups in total. The Morgan fingerprint density at radius 1 is 1.03 bits per heavy atom. The van der Waals surface area contributed by atoms with E-state index in [2.05, 4.69) is 15.4 Å². The minimum atomic E-state index is -4.59. The highest BCUT2D eigenvalue weighted by molar-refractivity contribution is 6.31. The number of aryl methyl sites for hydroxylation is 2. The maximum Gasteiger partial charge on any atom is 0.417 e. The zero-order valence-corrected chi connectivity index (χ0v) is 17.8. The van der Waals surface area contributed by atoms with Crippen molar-refractivity contribution >= 4 is 46.4 Å². The summed E-state index contributed by atoms with van der Waals surface area (Å²) in [5, 5.41) is 7.64. The van der Waals surface area contributed by atoms with Gasteiger partial charge in [-0.15, -0.1) is 12.4 Å². The van der Waals surface area contributed by atoms with Crippen LogP contribution in [-0.2, 0) is 13.2 Å². The molecular weight excluding hydrogens is 455 g/mol. The molecule has 162 valence electrons. The smallest absolute Gasteiger partial charge is 0.340 e. The van der Waals surface area contributed by atoms with Gasteiger partial charge in [0.15, 0.2) is 0 Å². The Bertz CT molecular complexity index is 1250. The number of nitrogens with zero attached hydrogens (tertiary/aromatic N) is 3. The number of halogens is 6. The predicted molar refractivity (Wildman–Crippen MR) is 116 cm³/mol. The van der Waals surface area contributed by atoms with Crippen molar-refractivity contribution < 1.29 is 17.6 Å². The van der Waals surface area contributed by atoms with Gasteiger partial charge in [0, 0.05) is 18.3 Å². The maximum atomic E-state index is 13.3. The third-order valence-electron chi connectivity index (χ3n) is 4.68. The second kappa shape index (κ2) is 8.36. The van der Waals surface area contributed by atoms with Crippen LogP contribution in [-0.4, -0.2) is 14.8 Å². The van der Waals surface area contributed by atoms with E-state index in [-0.39, 0.29) is 28.9 Å². The second-order valence-corrected chi connectivity index (χ2v) is 7.19. The largest absolute Gasteiger partial charge is 0.417 e. The highest BCUT2D eigenvalue weighted by atomic mass is 35.5. The van der Waals surface area contributed by atoms with E-state index in [0.717, 1.165) is 11.6 Å². The van der Waals surface area contributed by atoms with Gasteiger partial charge in [0.2, 0.25) is 0 Å². The Kier molecular flexibility index (Phi) is 6.16. The highest BCUT2D eigenvalue weighted by Crippen LogP contribution is 2.38. The van der Waals surface area contributed by atoms with Crippen LogP contribution in [0.15, 0.2) is 48.5 Å². The lowest BCUT2D eigenvalue weighted by Gasteiger charge is -2.14. The van der Waals surface area contributed by atoms with Crippen LogP contribution in [0.1, 0.15) is 11.3 Å². The number of rotatable bonds is 3. The molecule has 0 saturated heterocycles. The van der Waals surface area contributed by atoms with Crippen LogP contribution in [0, 0.1) is 12.7 Å². The number of anilines is 2. The van der Waals surface area contributed by atoms with Crippen molar-refractivity contribution in [1.82, 2.24) is 14.8 Å². The van der Waals surface area contributed by atoms with Crippen molar-refractivity contribution in [3.8, 4) is 11.3 Å². The van der Waals surface area contributed by atoms with Crippen LogP contribution in [0.5, 0.6) is 0 Å². The van der Waals surface area contributed by atoms with Crippen molar-refractivity contribution in [2.24, 2.45) is 7.05 Å². The molecule has 0 bridgehead atoms. The van der Waals surface area contributed by atoms with Crippen molar-refractivity contribution in [1.29, 1.82) is 0 Å².